The van der Waals surface area contributed by atoms with Crippen LogP contribution < -0.4 is 5.73 Å². The van der Waals surface area contributed by atoms with Crippen molar-refractivity contribution in [3.05, 3.63) is 23.7 Å². The zero-order valence-corrected chi connectivity index (χ0v) is 7.31. The second-order valence-corrected chi connectivity index (χ2v) is 3.78. The average Bonchev–Trinajstić information content (AvgIpc) is 2.31. The fraction of sp³-hybridized carbons (Fsp3) is 0.556. The van der Waals surface area contributed by atoms with Gasteiger partial charge in [0.15, 0.2) is 0 Å². The van der Waals surface area contributed by atoms with Crippen LogP contribution >= 0.6 is 0 Å². The molecule has 1 aromatic rings. The third kappa shape index (κ3) is 1.35. The van der Waals surface area contributed by atoms with Crippen molar-refractivity contribution in [2.24, 2.45) is 5.73 Å². The lowest BCUT2D eigenvalue weighted by Crippen LogP contribution is -2.55. The molecule has 4 heteroatoms. The Morgan fingerprint density at radius 1 is 1.38 bits per heavy atom. The Labute approximate surface area is 74.7 Å². The molecular weight excluding hydrogens is 176 g/mol. The van der Waals surface area contributed by atoms with Crippen molar-refractivity contribution >= 4 is 0 Å². The number of hydrogen-bond acceptors (Lipinski definition) is 2. The molecule has 2 nitrogen and oxygen atoms in total. The first-order valence-electron chi connectivity index (χ1n) is 4.15. The lowest BCUT2D eigenvalue weighted by molar-refractivity contribution is -0.130. The molecule has 0 atom stereocenters. The van der Waals surface area contributed by atoms with Crippen molar-refractivity contribution in [3.8, 4) is 0 Å². The van der Waals surface area contributed by atoms with E-state index in [0.717, 1.165) is 0 Å². The standard InChI is InChI=1S/C9H11F2NO/c1-6-2-3-7(13-6)8(12)4-9(10,11)5-8/h2-3H,4-5,12H2,1H3. The Kier molecular flexibility index (Phi) is 1.55. The van der Waals surface area contributed by atoms with Crippen LogP contribution in [0.5, 0.6) is 0 Å². The molecule has 1 aliphatic carbocycles. The molecule has 13 heavy (non-hydrogen) atoms. The van der Waals surface area contributed by atoms with E-state index in [1.165, 1.54) is 0 Å². The summed E-state index contributed by atoms with van der Waals surface area (Å²) in [6.45, 7) is 1.77. The minimum absolute atomic E-state index is 0.313. The Bertz CT molecular complexity index is 324. The van der Waals surface area contributed by atoms with E-state index in [1.54, 1.807) is 19.1 Å². The van der Waals surface area contributed by atoms with Crippen LogP contribution in [0.3, 0.4) is 0 Å². The quantitative estimate of drug-likeness (QED) is 0.731. The molecule has 1 fully saturated rings. The van der Waals surface area contributed by atoms with Gasteiger partial charge in [0.05, 0.1) is 5.54 Å². The van der Waals surface area contributed by atoms with Gasteiger partial charge in [-0.15, -0.1) is 0 Å². The Morgan fingerprint density at radius 2 is 2.00 bits per heavy atom. The molecule has 1 aliphatic rings. The maximum Gasteiger partial charge on any atom is 0.252 e. The summed E-state index contributed by atoms with van der Waals surface area (Å²) < 4.78 is 30.4. The number of hydrogen-bond donors (Lipinski definition) is 1. The van der Waals surface area contributed by atoms with E-state index in [4.69, 9.17) is 10.2 Å². The highest BCUT2D eigenvalue weighted by Gasteiger charge is 2.56. The highest BCUT2D eigenvalue weighted by atomic mass is 19.3. The minimum atomic E-state index is -2.62. The van der Waals surface area contributed by atoms with Crippen LogP contribution in [-0.2, 0) is 5.54 Å². The van der Waals surface area contributed by atoms with Gasteiger partial charge in [0.25, 0.3) is 5.92 Å². The first-order chi connectivity index (χ1) is 5.91. The smallest absolute Gasteiger partial charge is 0.252 e. The van der Waals surface area contributed by atoms with Crippen LogP contribution in [0.15, 0.2) is 16.5 Å². The van der Waals surface area contributed by atoms with Gasteiger partial charge in [-0.05, 0) is 19.1 Å². The molecule has 0 unspecified atom stereocenters. The summed E-state index contributed by atoms with van der Waals surface area (Å²) in [6, 6.07) is 3.41. The molecular formula is C9H11F2NO. The number of rotatable bonds is 1. The van der Waals surface area contributed by atoms with Gasteiger partial charge in [0.2, 0.25) is 0 Å². The number of halogens is 2. The van der Waals surface area contributed by atoms with Crippen molar-refractivity contribution in [1.29, 1.82) is 0 Å². The number of nitrogens with two attached hydrogens (primary N) is 1. The second-order valence-electron chi connectivity index (χ2n) is 3.78. The van der Waals surface area contributed by atoms with E-state index in [2.05, 4.69) is 0 Å². The van der Waals surface area contributed by atoms with Crippen molar-refractivity contribution in [2.45, 2.75) is 31.2 Å². The first-order valence-corrected chi connectivity index (χ1v) is 4.15. The first kappa shape index (κ1) is 8.69. The van der Waals surface area contributed by atoms with Crippen LogP contribution in [0.2, 0.25) is 0 Å². The normalized spacial score (nSPS) is 24.0. The van der Waals surface area contributed by atoms with Gasteiger partial charge >= 0.3 is 0 Å². The Balaban J connectivity index is 2.20. The fourth-order valence-corrected chi connectivity index (χ4v) is 1.75. The maximum atomic E-state index is 12.6. The van der Waals surface area contributed by atoms with Gasteiger partial charge < -0.3 is 10.2 Å². The van der Waals surface area contributed by atoms with Crippen LogP contribution in [0.1, 0.15) is 24.4 Å². The van der Waals surface area contributed by atoms with Gasteiger partial charge in [-0.3, -0.25) is 0 Å². The number of furan rings is 1. The fourth-order valence-electron chi connectivity index (χ4n) is 1.75. The zero-order valence-electron chi connectivity index (χ0n) is 7.31. The molecule has 1 heterocycles. The predicted octanol–water partition coefficient (Wildman–Crippen LogP) is 2.17. The molecule has 2 N–H and O–H groups in total. The lowest BCUT2D eigenvalue weighted by atomic mass is 9.72. The Hall–Kier alpha value is -0.900. The average molecular weight is 187 g/mol. The van der Waals surface area contributed by atoms with Crippen LogP contribution in [0.4, 0.5) is 8.78 Å². The number of alkyl halides is 2. The molecule has 0 aromatic carbocycles. The molecule has 2 rings (SSSR count). The summed E-state index contributed by atoms with van der Waals surface area (Å²) in [5.74, 6) is -1.44. The molecule has 72 valence electrons. The third-order valence-corrected chi connectivity index (χ3v) is 2.38. The summed E-state index contributed by atoms with van der Waals surface area (Å²) in [5, 5.41) is 0. The Morgan fingerprint density at radius 3 is 2.38 bits per heavy atom. The SMILES string of the molecule is Cc1ccc(C2(N)CC(F)(F)C2)o1. The predicted molar refractivity (Wildman–Crippen MR) is 43.5 cm³/mol. The summed E-state index contributed by atoms with van der Waals surface area (Å²) in [7, 11) is 0. The van der Waals surface area contributed by atoms with Gasteiger partial charge in [0, 0.05) is 12.8 Å². The summed E-state index contributed by atoms with van der Waals surface area (Å²) >= 11 is 0. The molecule has 0 spiro atoms. The van der Waals surface area contributed by atoms with E-state index in [0.29, 0.717) is 11.5 Å². The number of aryl methyl sites for hydroxylation is 1. The van der Waals surface area contributed by atoms with E-state index < -0.39 is 11.5 Å². The molecule has 1 aromatic heterocycles. The second kappa shape index (κ2) is 2.32. The summed E-state index contributed by atoms with van der Waals surface area (Å²) in [5.41, 5.74) is 4.79. The van der Waals surface area contributed by atoms with E-state index in [-0.39, 0.29) is 12.8 Å². The van der Waals surface area contributed by atoms with Crippen molar-refractivity contribution in [3.63, 3.8) is 0 Å². The van der Waals surface area contributed by atoms with Crippen molar-refractivity contribution < 1.29 is 13.2 Å². The minimum Gasteiger partial charge on any atom is -0.464 e. The van der Waals surface area contributed by atoms with Crippen LogP contribution in [0.25, 0.3) is 0 Å². The van der Waals surface area contributed by atoms with E-state index in [9.17, 15) is 8.78 Å². The molecule has 1 saturated carbocycles. The molecule has 0 bridgehead atoms. The summed E-state index contributed by atoms with van der Waals surface area (Å²) in [4.78, 5) is 0. The van der Waals surface area contributed by atoms with Crippen molar-refractivity contribution in [1.82, 2.24) is 0 Å². The molecule has 0 amide bonds. The largest absolute Gasteiger partial charge is 0.464 e. The highest BCUT2D eigenvalue weighted by Crippen LogP contribution is 2.50. The van der Waals surface area contributed by atoms with Gasteiger partial charge in [0.1, 0.15) is 11.5 Å². The van der Waals surface area contributed by atoms with E-state index >= 15 is 0 Å². The summed E-state index contributed by atoms with van der Waals surface area (Å²) in [6.07, 6.45) is -0.625. The monoisotopic (exact) mass is 187 g/mol. The third-order valence-electron chi connectivity index (χ3n) is 2.38. The zero-order chi connectivity index (χ0) is 9.69. The topological polar surface area (TPSA) is 39.2 Å². The van der Waals surface area contributed by atoms with Crippen LogP contribution in [0, 0.1) is 6.92 Å². The van der Waals surface area contributed by atoms with Gasteiger partial charge in [-0.2, -0.15) is 0 Å². The van der Waals surface area contributed by atoms with E-state index in [1.807, 2.05) is 0 Å². The molecule has 0 radical (unpaired) electrons. The van der Waals surface area contributed by atoms with Crippen LogP contribution in [-0.4, -0.2) is 5.92 Å². The molecule has 0 saturated heterocycles. The van der Waals surface area contributed by atoms with Crippen molar-refractivity contribution in [2.75, 3.05) is 0 Å². The van der Waals surface area contributed by atoms with Gasteiger partial charge in [-0.1, -0.05) is 0 Å². The van der Waals surface area contributed by atoms with Gasteiger partial charge in [-0.25, -0.2) is 8.78 Å². The maximum absolute atomic E-state index is 12.6. The molecule has 0 aliphatic heterocycles. The lowest BCUT2D eigenvalue weighted by Gasteiger charge is -2.42. The highest BCUT2D eigenvalue weighted by molar-refractivity contribution is 5.21.